The van der Waals surface area contributed by atoms with Crippen LogP contribution in [0.1, 0.15) is 17.3 Å². The number of ether oxygens (including phenoxy) is 3. The van der Waals surface area contributed by atoms with E-state index >= 15 is 0 Å². The number of nitrogens with one attached hydrogen (secondary N) is 2. The summed E-state index contributed by atoms with van der Waals surface area (Å²) in [6.45, 7) is 1.74. The Labute approximate surface area is 186 Å². The first-order chi connectivity index (χ1) is 14.8. The van der Waals surface area contributed by atoms with Crippen LogP contribution in [0.2, 0.25) is 0 Å². The zero-order valence-corrected chi connectivity index (χ0v) is 18.5. The van der Waals surface area contributed by atoms with Crippen molar-refractivity contribution in [3.05, 3.63) is 63.9 Å². The van der Waals surface area contributed by atoms with E-state index in [9.17, 15) is 19.2 Å². The molecule has 0 radical (unpaired) electrons. The minimum absolute atomic E-state index is 0.0738. The number of halogens is 1. The molecule has 0 bridgehead atoms. The molecule has 0 saturated carbocycles. The van der Waals surface area contributed by atoms with Crippen molar-refractivity contribution < 1.29 is 33.4 Å². The molecule has 2 rings (SSSR count). The Balaban J connectivity index is 2.58. The largest absolute Gasteiger partial charge is 0.465 e. The van der Waals surface area contributed by atoms with Crippen molar-refractivity contribution in [2.24, 2.45) is 0 Å². The van der Waals surface area contributed by atoms with E-state index in [0.717, 1.165) is 0 Å². The highest BCUT2D eigenvalue weighted by Crippen LogP contribution is 2.31. The Morgan fingerprint density at radius 2 is 1.74 bits per heavy atom. The van der Waals surface area contributed by atoms with Crippen LogP contribution in [0.3, 0.4) is 0 Å². The van der Waals surface area contributed by atoms with Gasteiger partial charge in [-0.05, 0) is 37.3 Å². The molecule has 1 aliphatic heterocycles. The number of hydrogen-bond acceptors (Lipinski definition) is 8. The van der Waals surface area contributed by atoms with Gasteiger partial charge in [0.25, 0.3) is 5.91 Å². The molecule has 11 heteroatoms. The molecular formula is C20H20BrN3O7. The highest BCUT2D eigenvalue weighted by Gasteiger charge is 2.29. The van der Waals surface area contributed by atoms with E-state index in [2.05, 4.69) is 26.8 Å². The number of carbonyl (C=O) groups is 4. The van der Waals surface area contributed by atoms with Crippen LogP contribution >= 0.6 is 15.9 Å². The van der Waals surface area contributed by atoms with Crippen LogP contribution in [-0.2, 0) is 23.8 Å². The smallest absolute Gasteiger partial charge is 0.426 e. The number of rotatable bonds is 5. The molecule has 0 unspecified atom stereocenters. The Morgan fingerprint density at radius 1 is 1.03 bits per heavy atom. The zero-order valence-electron chi connectivity index (χ0n) is 16.9. The van der Waals surface area contributed by atoms with Crippen molar-refractivity contribution in [2.45, 2.75) is 6.92 Å². The molecule has 0 fully saturated rings. The van der Waals surface area contributed by atoms with Gasteiger partial charge in [-0.3, -0.25) is 10.2 Å². The summed E-state index contributed by atoms with van der Waals surface area (Å²) >= 11 is 3.33. The number of amides is 2. The van der Waals surface area contributed by atoms with Gasteiger partial charge in [0.05, 0.1) is 37.7 Å². The van der Waals surface area contributed by atoms with Gasteiger partial charge in [0.1, 0.15) is 5.70 Å². The lowest BCUT2D eigenvalue weighted by atomic mass is 10.1. The number of carbonyl (C=O) groups excluding carboxylic acids is 4. The molecule has 2 N–H and O–H groups in total. The van der Waals surface area contributed by atoms with Crippen LogP contribution in [-0.4, -0.2) is 44.8 Å². The van der Waals surface area contributed by atoms with Gasteiger partial charge in [-0.2, -0.15) is 0 Å². The van der Waals surface area contributed by atoms with Crippen LogP contribution in [0.15, 0.2) is 58.4 Å². The average molecular weight is 494 g/mol. The predicted octanol–water partition coefficient (Wildman–Crippen LogP) is 2.33. The summed E-state index contributed by atoms with van der Waals surface area (Å²) in [5.74, 6) is -2.28. The third-order valence-electron chi connectivity index (χ3n) is 3.91. The molecule has 0 aliphatic carbocycles. The monoisotopic (exact) mass is 493 g/mol. The van der Waals surface area contributed by atoms with Gasteiger partial charge >= 0.3 is 18.0 Å². The average Bonchev–Trinajstić information content (AvgIpc) is 2.99. The van der Waals surface area contributed by atoms with E-state index in [-0.39, 0.29) is 29.1 Å². The maximum absolute atomic E-state index is 12.7. The molecule has 10 nitrogen and oxygen atoms in total. The highest BCUT2D eigenvalue weighted by molar-refractivity contribution is 9.10. The van der Waals surface area contributed by atoms with E-state index in [4.69, 9.17) is 14.2 Å². The number of methoxy groups -OCH3 is 2. The van der Waals surface area contributed by atoms with Crippen molar-refractivity contribution in [1.82, 2.24) is 10.9 Å². The molecular weight excluding hydrogens is 474 g/mol. The molecule has 1 aromatic rings. The Morgan fingerprint density at radius 3 is 2.39 bits per heavy atom. The molecule has 31 heavy (non-hydrogen) atoms. The number of hydrogen-bond donors (Lipinski definition) is 2. The van der Waals surface area contributed by atoms with Gasteiger partial charge in [0.2, 0.25) is 0 Å². The summed E-state index contributed by atoms with van der Waals surface area (Å²) in [5, 5.41) is 0. The van der Waals surface area contributed by atoms with Gasteiger partial charge < -0.3 is 19.1 Å². The normalized spacial score (nSPS) is 12.7. The van der Waals surface area contributed by atoms with Crippen LogP contribution in [0.25, 0.3) is 0 Å². The number of anilines is 1. The lowest BCUT2D eigenvalue weighted by molar-refractivity contribution is -0.139. The SMILES string of the molecule is CCOC(=O)NNC(=O)c1ccc(Br)cc1N1C=CC=CC(C(=O)OC)=C1C(=O)OC. The Hall–Kier alpha value is -3.60. The first kappa shape index (κ1) is 23.7. The zero-order chi connectivity index (χ0) is 23.0. The van der Waals surface area contributed by atoms with E-state index < -0.39 is 23.9 Å². The minimum Gasteiger partial charge on any atom is -0.465 e. The molecule has 164 valence electrons. The standard InChI is InChI=1S/C20H20BrN3O7/c1-4-31-20(28)23-22-17(25)13-9-8-12(21)11-15(13)24-10-6-5-7-14(18(26)29-2)16(24)19(27)30-3/h5-11H,4H2,1-3H3,(H,22,25)(H,23,28). The third kappa shape index (κ3) is 5.72. The summed E-state index contributed by atoms with van der Waals surface area (Å²) in [4.78, 5) is 50.5. The fraction of sp³-hybridized carbons (Fsp3) is 0.200. The predicted molar refractivity (Wildman–Crippen MR) is 114 cm³/mol. The van der Waals surface area contributed by atoms with Crippen LogP contribution in [0, 0.1) is 0 Å². The number of esters is 2. The van der Waals surface area contributed by atoms with Crippen molar-refractivity contribution in [1.29, 1.82) is 0 Å². The lowest BCUT2D eigenvalue weighted by Crippen LogP contribution is -2.42. The fourth-order valence-corrected chi connectivity index (χ4v) is 2.94. The van der Waals surface area contributed by atoms with E-state index in [1.807, 2.05) is 0 Å². The van der Waals surface area contributed by atoms with E-state index in [1.165, 1.54) is 43.5 Å². The number of hydrazine groups is 1. The number of nitrogens with zero attached hydrogens (tertiary/aromatic N) is 1. The molecule has 1 aromatic carbocycles. The summed E-state index contributed by atoms with van der Waals surface area (Å²) in [7, 11) is 2.35. The number of benzene rings is 1. The first-order valence-electron chi connectivity index (χ1n) is 8.91. The molecule has 1 heterocycles. The van der Waals surface area contributed by atoms with E-state index in [0.29, 0.717) is 4.47 Å². The maximum atomic E-state index is 12.7. The van der Waals surface area contributed by atoms with Gasteiger partial charge in [-0.1, -0.05) is 22.0 Å². The minimum atomic E-state index is -0.837. The summed E-state index contributed by atoms with van der Waals surface area (Å²) < 4.78 is 14.9. The summed E-state index contributed by atoms with van der Waals surface area (Å²) in [6, 6.07) is 4.64. The van der Waals surface area contributed by atoms with Crippen LogP contribution in [0.4, 0.5) is 10.5 Å². The summed E-state index contributed by atoms with van der Waals surface area (Å²) in [5.41, 5.74) is 4.42. The molecule has 0 atom stereocenters. The van der Waals surface area contributed by atoms with Gasteiger partial charge in [-0.25, -0.2) is 19.8 Å². The molecule has 0 aromatic heterocycles. The molecule has 0 spiro atoms. The molecule has 2 amide bonds. The Bertz CT molecular complexity index is 985. The van der Waals surface area contributed by atoms with Crippen molar-refractivity contribution in [2.75, 3.05) is 25.7 Å². The maximum Gasteiger partial charge on any atom is 0.426 e. The quantitative estimate of drug-likeness (QED) is 0.363. The van der Waals surface area contributed by atoms with Crippen molar-refractivity contribution >= 4 is 45.6 Å². The third-order valence-corrected chi connectivity index (χ3v) is 4.40. The van der Waals surface area contributed by atoms with Crippen molar-refractivity contribution in [3.63, 3.8) is 0 Å². The van der Waals surface area contributed by atoms with E-state index in [1.54, 1.807) is 25.1 Å². The summed E-state index contributed by atoms with van der Waals surface area (Å²) in [6.07, 6.45) is 5.15. The van der Waals surface area contributed by atoms with Crippen molar-refractivity contribution in [3.8, 4) is 0 Å². The second kappa shape index (κ2) is 11.0. The first-order valence-corrected chi connectivity index (χ1v) is 9.71. The Kier molecular flexibility index (Phi) is 8.38. The van der Waals surface area contributed by atoms with Crippen LogP contribution in [0.5, 0.6) is 0 Å². The fourth-order valence-electron chi connectivity index (χ4n) is 2.59. The highest BCUT2D eigenvalue weighted by atomic mass is 79.9. The molecule has 1 aliphatic rings. The molecule has 0 saturated heterocycles. The van der Waals surface area contributed by atoms with Crippen LogP contribution < -0.4 is 15.8 Å². The topological polar surface area (TPSA) is 123 Å². The van der Waals surface area contributed by atoms with Gasteiger partial charge in [0, 0.05) is 10.7 Å². The second-order valence-electron chi connectivity index (χ2n) is 5.78. The lowest BCUT2D eigenvalue weighted by Gasteiger charge is -2.25. The second-order valence-corrected chi connectivity index (χ2v) is 6.69. The number of allylic oxidation sites excluding steroid dienone is 2. The van der Waals surface area contributed by atoms with Gasteiger partial charge in [0.15, 0.2) is 0 Å². The van der Waals surface area contributed by atoms with Gasteiger partial charge in [-0.15, -0.1) is 0 Å².